The van der Waals surface area contributed by atoms with Gasteiger partial charge in [0.2, 0.25) is 11.2 Å². The van der Waals surface area contributed by atoms with Crippen LogP contribution >= 0.6 is 11.3 Å². The maximum atomic E-state index is 13.6. The molecule has 0 aliphatic carbocycles. The number of para-hydroxylation sites is 1. The maximum absolute atomic E-state index is 13.6. The molecule has 2 heterocycles. The van der Waals surface area contributed by atoms with Gasteiger partial charge in [-0.2, -0.15) is 0 Å². The molecular weight excluding hydrogens is 540 g/mol. The summed E-state index contributed by atoms with van der Waals surface area (Å²) in [5.41, 5.74) is 2.26. The number of nitrogens with zero attached hydrogens (tertiary/aromatic N) is 1. The Morgan fingerprint density at radius 2 is 1.76 bits per heavy atom. The lowest BCUT2D eigenvalue weighted by Gasteiger charge is -2.20. The van der Waals surface area contributed by atoms with Crippen LogP contribution in [0.15, 0.2) is 57.7 Å². The van der Waals surface area contributed by atoms with E-state index in [-0.39, 0.29) is 39.8 Å². The fourth-order valence-electron chi connectivity index (χ4n) is 4.14. The van der Waals surface area contributed by atoms with E-state index in [1.165, 1.54) is 0 Å². The Bertz CT molecular complexity index is 1610. The number of ether oxygens (including phenoxy) is 2. The third-order valence-electron chi connectivity index (χ3n) is 6.45. The van der Waals surface area contributed by atoms with E-state index < -0.39 is 18.0 Å². The first kappa shape index (κ1) is 30.0. The zero-order valence-electron chi connectivity index (χ0n) is 24.5. The molecule has 9 heteroatoms. The van der Waals surface area contributed by atoms with E-state index in [9.17, 15) is 14.4 Å². The lowest BCUT2D eigenvalue weighted by Crippen LogP contribution is -2.34. The minimum absolute atomic E-state index is 0.0394. The minimum Gasteiger partial charge on any atom is -0.473 e. The van der Waals surface area contributed by atoms with Crippen LogP contribution in [0.5, 0.6) is 5.75 Å². The van der Waals surface area contributed by atoms with Gasteiger partial charge < -0.3 is 13.9 Å². The Morgan fingerprint density at radius 1 is 1.07 bits per heavy atom. The highest BCUT2D eigenvalue weighted by Crippen LogP contribution is 2.34. The molecular formula is C32H36N2O6S. The molecule has 0 aliphatic rings. The minimum atomic E-state index is -1.02. The number of benzene rings is 2. The van der Waals surface area contributed by atoms with E-state index in [0.717, 1.165) is 16.9 Å². The first-order chi connectivity index (χ1) is 19.4. The summed E-state index contributed by atoms with van der Waals surface area (Å²) in [5.74, 6) is -0.565. The topological polar surface area (TPSA) is 108 Å². The van der Waals surface area contributed by atoms with Gasteiger partial charge in [0.1, 0.15) is 10.5 Å². The summed E-state index contributed by atoms with van der Waals surface area (Å²) >= 11 is 1.04. The third kappa shape index (κ3) is 6.85. The molecule has 1 unspecified atom stereocenters. The fraction of sp³-hybridized carbons (Fsp3) is 0.375. The largest absolute Gasteiger partial charge is 0.473 e. The van der Waals surface area contributed by atoms with Crippen molar-refractivity contribution in [2.75, 3.05) is 11.9 Å². The van der Waals surface area contributed by atoms with Crippen molar-refractivity contribution in [3.8, 4) is 17.1 Å². The Hall–Kier alpha value is -3.98. The van der Waals surface area contributed by atoms with Crippen molar-refractivity contribution in [3.63, 3.8) is 0 Å². The standard InChI is InChI=1S/C32H36N2O6S/c1-8-23(29(36)34-31-33-19(4)28(41-31)30(37)38-17-18(2)3)39-27-25(35)22-11-9-10-12-24(22)40-26(27)20-13-15-21(16-14-20)32(5,6)7/h9-16,18,23H,8,17H2,1-7H3,(H,33,34,36). The van der Waals surface area contributed by atoms with Crippen LogP contribution in [0.4, 0.5) is 5.13 Å². The molecule has 2 aromatic heterocycles. The van der Waals surface area contributed by atoms with Crippen LogP contribution in [-0.4, -0.2) is 29.6 Å². The molecule has 41 heavy (non-hydrogen) atoms. The predicted octanol–water partition coefficient (Wildman–Crippen LogP) is 7.13. The second-order valence-electron chi connectivity index (χ2n) is 11.3. The summed E-state index contributed by atoms with van der Waals surface area (Å²) in [6.07, 6.45) is -0.749. The third-order valence-corrected chi connectivity index (χ3v) is 7.51. The monoisotopic (exact) mass is 576 g/mol. The lowest BCUT2D eigenvalue weighted by atomic mass is 9.86. The number of hydrogen-bond acceptors (Lipinski definition) is 8. The highest BCUT2D eigenvalue weighted by molar-refractivity contribution is 7.17. The molecule has 8 nitrogen and oxygen atoms in total. The number of carbonyl (C=O) groups excluding carboxylic acids is 2. The van der Waals surface area contributed by atoms with Crippen molar-refractivity contribution in [2.45, 2.75) is 66.4 Å². The molecule has 0 aliphatic heterocycles. The van der Waals surface area contributed by atoms with Crippen molar-refractivity contribution in [1.29, 1.82) is 0 Å². The van der Waals surface area contributed by atoms with E-state index in [1.54, 1.807) is 38.1 Å². The predicted molar refractivity (Wildman–Crippen MR) is 162 cm³/mol. The number of hydrogen-bond donors (Lipinski definition) is 1. The number of fused-ring (bicyclic) bond motifs is 1. The van der Waals surface area contributed by atoms with Gasteiger partial charge in [0.25, 0.3) is 5.91 Å². The second kappa shape index (κ2) is 12.3. The molecule has 1 atom stereocenters. The molecule has 0 radical (unpaired) electrons. The summed E-state index contributed by atoms with van der Waals surface area (Å²) in [6.45, 7) is 14.0. The highest BCUT2D eigenvalue weighted by Gasteiger charge is 2.27. The number of nitrogens with one attached hydrogen (secondary N) is 1. The summed E-state index contributed by atoms with van der Waals surface area (Å²) in [5, 5.41) is 3.34. The molecule has 0 saturated carbocycles. The molecule has 2 aromatic carbocycles. The van der Waals surface area contributed by atoms with Crippen LogP contribution in [0.1, 0.15) is 68.9 Å². The van der Waals surface area contributed by atoms with Gasteiger partial charge in [-0.15, -0.1) is 0 Å². The van der Waals surface area contributed by atoms with Crippen LogP contribution in [0.2, 0.25) is 0 Å². The van der Waals surface area contributed by atoms with Crippen LogP contribution in [0, 0.1) is 12.8 Å². The maximum Gasteiger partial charge on any atom is 0.350 e. The van der Waals surface area contributed by atoms with Crippen LogP contribution in [0.25, 0.3) is 22.3 Å². The molecule has 4 aromatic rings. The highest BCUT2D eigenvalue weighted by atomic mass is 32.1. The molecule has 0 bridgehead atoms. The zero-order chi connectivity index (χ0) is 29.9. The number of thiazole rings is 1. The zero-order valence-corrected chi connectivity index (χ0v) is 25.3. The quantitative estimate of drug-likeness (QED) is 0.211. The molecule has 1 amide bonds. The van der Waals surface area contributed by atoms with E-state index in [2.05, 4.69) is 31.1 Å². The number of aromatic nitrogens is 1. The van der Waals surface area contributed by atoms with Gasteiger partial charge in [0.05, 0.1) is 17.7 Å². The number of rotatable bonds is 9. The number of amides is 1. The van der Waals surface area contributed by atoms with Crippen molar-refractivity contribution in [2.24, 2.45) is 5.92 Å². The fourth-order valence-corrected chi connectivity index (χ4v) is 5.00. The Balaban J connectivity index is 1.65. The van der Waals surface area contributed by atoms with Gasteiger partial charge in [-0.3, -0.25) is 14.9 Å². The average Bonchev–Trinajstić information content (AvgIpc) is 3.30. The summed E-state index contributed by atoms with van der Waals surface area (Å²) < 4.78 is 17.6. The Labute approximate surface area is 243 Å². The first-order valence-electron chi connectivity index (χ1n) is 13.7. The number of esters is 1. The molecule has 1 N–H and O–H groups in total. The Kier molecular flexibility index (Phi) is 8.97. The Morgan fingerprint density at radius 3 is 2.39 bits per heavy atom. The van der Waals surface area contributed by atoms with E-state index >= 15 is 0 Å². The van der Waals surface area contributed by atoms with Crippen LogP contribution in [0.3, 0.4) is 0 Å². The van der Waals surface area contributed by atoms with Gasteiger partial charge in [0, 0.05) is 5.56 Å². The number of carbonyl (C=O) groups is 2. The smallest absolute Gasteiger partial charge is 0.350 e. The van der Waals surface area contributed by atoms with E-state index in [4.69, 9.17) is 13.9 Å². The number of anilines is 1. The van der Waals surface area contributed by atoms with Gasteiger partial charge in [-0.05, 0) is 42.4 Å². The number of aryl methyl sites for hydroxylation is 1. The molecule has 0 spiro atoms. The van der Waals surface area contributed by atoms with Crippen molar-refractivity contribution < 1.29 is 23.5 Å². The molecule has 216 valence electrons. The molecule has 0 saturated heterocycles. The average molecular weight is 577 g/mol. The summed E-state index contributed by atoms with van der Waals surface area (Å²) in [4.78, 5) is 44.1. The lowest BCUT2D eigenvalue weighted by molar-refractivity contribution is -0.122. The molecule has 4 rings (SSSR count). The normalized spacial score (nSPS) is 12.4. The van der Waals surface area contributed by atoms with Crippen molar-refractivity contribution in [3.05, 3.63) is 74.9 Å². The van der Waals surface area contributed by atoms with Crippen molar-refractivity contribution >= 4 is 39.3 Å². The van der Waals surface area contributed by atoms with E-state index in [0.29, 0.717) is 33.7 Å². The van der Waals surface area contributed by atoms with Gasteiger partial charge in [-0.25, -0.2) is 9.78 Å². The summed E-state index contributed by atoms with van der Waals surface area (Å²) in [6, 6.07) is 14.7. The van der Waals surface area contributed by atoms with Gasteiger partial charge in [0.15, 0.2) is 17.0 Å². The van der Waals surface area contributed by atoms with Crippen molar-refractivity contribution in [1.82, 2.24) is 4.98 Å². The van der Waals surface area contributed by atoms with Gasteiger partial charge >= 0.3 is 5.97 Å². The summed E-state index contributed by atoms with van der Waals surface area (Å²) in [7, 11) is 0. The van der Waals surface area contributed by atoms with Crippen LogP contribution in [-0.2, 0) is 14.9 Å². The first-order valence-corrected chi connectivity index (χ1v) is 14.5. The van der Waals surface area contributed by atoms with E-state index in [1.807, 2.05) is 38.1 Å². The SMILES string of the molecule is CCC(Oc1c(-c2ccc(C(C)(C)C)cc2)oc2ccccc2c1=O)C(=O)Nc1nc(C)c(C(=O)OCC(C)C)s1. The van der Waals surface area contributed by atoms with Crippen LogP contribution < -0.4 is 15.5 Å². The molecule has 0 fully saturated rings. The van der Waals surface area contributed by atoms with Gasteiger partial charge in [-0.1, -0.05) is 89.3 Å². The second-order valence-corrected chi connectivity index (χ2v) is 12.3.